The Labute approximate surface area is 111 Å². The van der Waals surface area contributed by atoms with E-state index in [0.29, 0.717) is 23.5 Å². The van der Waals surface area contributed by atoms with Crippen molar-refractivity contribution in [3.8, 4) is 5.75 Å². The Morgan fingerprint density at radius 2 is 2.05 bits per heavy atom. The zero-order valence-electron chi connectivity index (χ0n) is 10.9. The van der Waals surface area contributed by atoms with Crippen LogP contribution in [0.1, 0.15) is 27.3 Å². The van der Waals surface area contributed by atoms with Gasteiger partial charge in [-0.05, 0) is 49.7 Å². The lowest BCUT2D eigenvalue weighted by atomic mass is 10.1. The number of carbonyl (C=O) groups is 1. The number of aromatic carboxylic acids is 1. The van der Waals surface area contributed by atoms with Crippen LogP contribution in [0.3, 0.4) is 0 Å². The van der Waals surface area contributed by atoms with Crippen molar-refractivity contribution >= 4 is 5.97 Å². The Kier molecular flexibility index (Phi) is 3.80. The van der Waals surface area contributed by atoms with Crippen LogP contribution < -0.4 is 4.74 Å². The second-order valence-electron chi connectivity index (χ2n) is 4.34. The summed E-state index contributed by atoms with van der Waals surface area (Å²) in [7, 11) is 0. The molecule has 0 saturated heterocycles. The molecule has 0 atom stereocenters. The van der Waals surface area contributed by atoms with E-state index in [2.05, 4.69) is 4.98 Å². The van der Waals surface area contributed by atoms with E-state index in [-0.39, 0.29) is 0 Å². The summed E-state index contributed by atoms with van der Waals surface area (Å²) in [6, 6.07) is 10.7. The largest absolute Gasteiger partial charge is 0.487 e. The molecule has 0 amide bonds. The lowest BCUT2D eigenvalue weighted by molar-refractivity contribution is 0.0696. The van der Waals surface area contributed by atoms with Crippen LogP contribution in [0.15, 0.2) is 36.4 Å². The van der Waals surface area contributed by atoms with Gasteiger partial charge in [0.2, 0.25) is 0 Å². The van der Waals surface area contributed by atoms with Crippen LogP contribution in [-0.4, -0.2) is 16.1 Å². The molecule has 0 saturated carbocycles. The number of carboxylic acid groups (broad SMARTS) is 1. The van der Waals surface area contributed by atoms with Gasteiger partial charge in [0, 0.05) is 5.69 Å². The van der Waals surface area contributed by atoms with Crippen molar-refractivity contribution in [2.24, 2.45) is 0 Å². The monoisotopic (exact) mass is 257 g/mol. The van der Waals surface area contributed by atoms with Crippen LogP contribution in [0.2, 0.25) is 0 Å². The highest BCUT2D eigenvalue weighted by atomic mass is 16.5. The molecule has 1 heterocycles. The molecule has 0 radical (unpaired) electrons. The number of aromatic nitrogens is 1. The summed E-state index contributed by atoms with van der Waals surface area (Å²) >= 11 is 0. The van der Waals surface area contributed by atoms with Crippen LogP contribution in [0, 0.1) is 13.8 Å². The van der Waals surface area contributed by atoms with Gasteiger partial charge in [-0.15, -0.1) is 0 Å². The molecule has 2 rings (SSSR count). The van der Waals surface area contributed by atoms with Crippen LogP contribution in [-0.2, 0) is 6.61 Å². The molecule has 0 unspecified atom stereocenters. The molecule has 2 aromatic rings. The average Bonchev–Trinajstić information content (AvgIpc) is 2.36. The fraction of sp³-hybridized carbons (Fsp3) is 0.200. The lowest BCUT2D eigenvalue weighted by Gasteiger charge is -2.08. The number of nitrogens with zero attached hydrogens (tertiary/aromatic N) is 1. The smallest absolute Gasteiger partial charge is 0.335 e. The highest BCUT2D eigenvalue weighted by Gasteiger charge is 2.07. The summed E-state index contributed by atoms with van der Waals surface area (Å²) in [4.78, 5) is 15.2. The van der Waals surface area contributed by atoms with Gasteiger partial charge < -0.3 is 9.84 Å². The second kappa shape index (κ2) is 5.52. The van der Waals surface area contributed by atoms with E-state index < -0.39 is 5.97 Å². The molecule has 19 heavy (non-hydrogen) atoms. The van der Waals surface area contributed by atoms with Gasteiger partial charge in [0.25, 0.3) is 0 Å². The molecule has 0 aliphatic carbocycles. The number of aryl methyl sites for hydroxylation is 2. The third-order valence-corrected chi connectivity index (χ3v) is 2.76. The summed E-state index contributed by atoms with van der Waals surface area (Å²) in [5, 5.41) is 8.94. The zero-order valence-corrected chi connectivity index (χ0v) is 10.9. The summed E-state index contributed by atoms with van der Waals surface area (Å²) in [6.07, 6.45) is 0. The van der Waals surface area contributed by atoms with Crippen LogP contribution in [0.25, 0.3) is 0 Å². The second-order valence-corrected chi connectivity index (χ2v) is 4.34. The highest BCUT2D eigenvalue weighted by Crippen LogP contribution is 2.18. The van der Waals surface area contributed by atoms with E-state index in [1.165, 1.54) is 0 Å². The molecule has 0 spiro atoms. The van der Waals surface area contributed by atoms with Gasteiger partial charge >= 0.3 is 5.97 Å². The average molecular weight is 257 g/mol. The molecule has 0 aliphatic rings. The molecule has 0 fully saturated rings. The Morgan fingerprint density at radius 1 is 1.26 bits per heavy atom. The first-order valence-electron chi connectivity index (χ1n) is 5.95. The van der Waals surface area contributed by atoms with E-state index in [0.717, 1.165) is 11.4 Å². The number of benzene rings is 1. The number of carboxylic acids is 1. The van der Waals surface area contributed by atoms with E-state index in [1.807, 2.05) is 25.1 Å². The fourth-order valence-corrected chi connectivity index (χ4v) is 1.80. The molecule has 1 aromatic carbocycles. The van der Waals surface area contributed by atoms with Crippen molar-refractivity contribution in [3.05, 3.63) is 58.9 Å². The molecule has 98 valence electrons. The molecular weight excluding hydrogens is 242 g/mol. The van der Waals surface area contributed by atoms with Crippen molar-refractivity contribution in [2.75, 3.05) is 0 Å². The zero-order chi connectivity index (χ0) is 13.8. The van der Waals surface area contributed by atoms with Crippen molar-refractivity contribution in [3.63, 3.8) is 0 Å². The third kappa shape index (κ3) is 3.31. The molecular formula is C15H15NO3. The number of pyridine rings is 1. The maximum atomic E-state index is 10.9. The van der Waals surface area contributed by atoms with E-state index in [9.17, 15) is 4.79 Å². The summed E-state index contributed by atoms with van der Waals surface area (Å²) in [5.41, 5.74) is 2.77. The molecule has 0 bridgehead atoms. The van der Waals surface area contributed by atoms with Crippen molar-refractivity contribution < 1.29 is 14.6 Å². The molecule has 1 aromatic heterocycles. The van der Waals surface area contributed by atoms with Gasteiger partial charge in [-0.25, -0.2) is 4.79 Å². The predicted octanol–water partition coefficient (Wildman–Crippen LogP) is 2.98. The van der Waals surface area contributed by atoms with Crippen molar-refractivity contribution in [1.82, 2.24) is 4.98 Å². The van der Waals surface area contributed by atoms with E-state index in [4.69, 9.17) is 9.84 Å². The number of ether oxygens (including phenoxy) is 1. The van der Waals surface area contributed by atoms with E-state index in [1.54, 1.807) is 25.1 Å². The summed E-state index contributed by atoms with van der Waals surface area (Å²) in [5.74, 6) is -0.282. The SMILES string of the molecule is Cc1cccc(COc2ccc(C(=O)O)c(C)c2)n1. The third-order valence-electron chi connectivity index (χ3n) is 2.76. The predicted molar refractivity (Wildman–Crippen MR) is 71.4 cm³/mol. The first kappa shape index (κ1) is 13.1. The molecule has 1 N–H and O–H groups in total. The maximum Gasteiger partial charge on any atom is 0.335 e. The Morgan fingerprint density at radius 3 is 2.68 bits per heavy atom. The number of rotatable bonds is 4. The Bertz CT molecular complexity index is 608. The normalized spacial score (nSPS) is 10.2. The van der Waals surface area contributed by atoms with Gasteiger partial charge in [-0.2, -0.15) is 0 Å². The number of hydrogen-bond donors (Lipinski definition) is 1. The van der Waals surface area contributed by atoms with Crippen molar-refractivity contribution in [1.29, 1.82) is 0 Å². The topological polar surface area (TPSA) is 59.4 Å². The first-order valence-corrected chi connectivity index (χ1v) is 5.95. The van der Waals surface area contributed by atoms with Gasteiger partial charge in [0.15, 0.2) is 0 Å². The van der Waals surface area contributed by atoms with E-state index >= 15 is 0 Å². The highest BCUT2D eigenvalue weighted by molar-refractivity contribution is 5.89. The minimum Gasteiger partial charge on any atom is -0.487 e. The fourth-order valence-electron chi connectivity index (χ4n) is 1.80. The van der Waals surface area contributed by atoms with Crippen LogP contribution in [0.5, 0.6) is 5.75 Å². The van der Waals surface area contributed by atoms with Crippen molar-refractivity contribution in [2.45, 2.75) is 20.5 Å². The maximum absolute atomic E-state index is 10.9. The van der Waals surface area contributed by atoms with Gasteiger partial charge in [-0.1, -0.05) is 6.07 Å². The molecule has 4 nitrogen and oxygen atoms in total. The first-order chi connectivity index (χ1) is 9.06. The quantitative estimate of drug-likeness (QED) is 0.914. The van der Waals surface area contributed by atoms with Crippen LogP contribution >= 0.6 is 0 Å². The Hall–Kier alpha value is -2.36. The minimum absolute atomic E-state index is 0.293. The lowest BCUT2D eigenvalue weighted by Crippen LogP contribution is -2.02. The van der Waals surface area contributed by atoms with Gasteiger partial charge in [-0.3, -0.25) is 4.98 Å². The summed E-state index contributed by atoms with van der Waals surface area (Å²) < 4.78 is 5.61. The number of hydrogen-bond acceptors (Lipinski definition) is 3. The standard InChI is InChI=1S/C15H15NO3/c1-10-8-13(6-7-14(10)15(17)18)19-9-12-5-3-4-11(2)16-12/h3-8H,9H2,1-2H3,(H,17,18). The molecule has 4 heteroatoms. The van der Waals surface area contributed by atoms with Gasteiger partial charge in [0.1, 0.15) is 12.4 Å². The van der Waals surface area contributed by atoms with Gasteiger partial charge in [0.05, 0.1) is 11.3 Å². The van der Waals surface area contributed by atoms with Crippen LogP contribution in [0.4, 0.5) is 0 Å². The molecule has 0 aliphatic heterocycles. The summed E-state index contributed by atoms with van der Waals surface area (Å²) in [6.45, 7) is 4.05. The minimum atomic E-state index is -0.926. The Balaban J connectivity index is 2.08.